The van der Waals surface area contributed by atoms with Crippen molar-refractivity contribution in [1.82, 2.24) is 14.5 Å². The van der Waals surface area contributed by atoms with E-state index in [4.69, 9.17) is 5.73 Å². The van der Waals surface area contributed by atoms with Gasteiger partial charge in [-0.2, -0.15) is 0 Å². The van der Waals surface area contributed by atoms with E-state index in [-0.39, 0.29) is 5.92 Å². The van der Waals surface area contributed by atoms with Crippen LogP contribution in [-0.2, 0) is 10.2 Å². The van der Waals surface area contributed by atoms with Gasteiger partial charge in [-0.05, 0) is 44.4 Å². The molecule has 2 aromatic rings. The topological polar surface area (TPSA) is 94.0 Å². The Morgan fingerprint density at radius 3 is 2.82 bits per heavy atom. The number of nitrogens with two attached hydrogens (primary N) is 1. The summed E-state index contributed by atoms with van der Waals surface area (Å²) in [7, 11) is 0. The fourth-order valence-corrected chi connectivity index (χ4v) is 2.24. The summed E-state index contributed by atoms with van der Waals surface area (Å²) in [6.45, 7) is 4.29. The van der Waals surface area contributed by atoms with Gasteiger partial charge in [0, 0.05) is 12.4 Å². The summed E-state index contributed by atoms with van der Waals surface area (Å²) in [5.74, 6) is 0.129. The van der Waals surface area contributed by atoms with Crippen LogP contribution in [0.15, 0.2) is 36.9 Å². The van der Waals surface area contributed by atoms with E-state index in [9.17, 15) is 9.90 Å². The quantitative estimate of drug-likeness (QED) is 0.815. The first-order valence-corrected chi connectivity index (χ1v) is 7.36. The van der Waals surface area contributed by atoms with Crippen LogP contribution in [0.4, 0.5) is 0 Å². The maximum atomic E-state index is 11.8. The first kappa shape index (κ1) is 16.2. The summed E-state index contributed by atoms with van der Waals surface area (Å²) in [5.41, 5.74) is 5.13. The minimum absolute atomic E-state index is 0.288. The molecule has 0 fully saturated rings. The molecule has 2 heterocycles. The van der Waals surface area contributed by atoms with E-state index in [2.05, 4.69) is 9.97 Å². The van der Waals surface area contributed by atoms with Gasteiger partial charge < -0.3 is 10.8 Å². The lowest BCUT2D eigenvalue weighted by Crippen LogP contribution is -2.33. The highest BCUT2D eigenvalue weighted by molar-refractivity contribution is 5.80. The minimum Gasteiger partial charge on any atom is -0.481 e. The average molecular weight is 302 g/mol. The molecule has 0 aromatic carbocycles. The van der Waals surface area contributed by atoms with Crippen LogP contribution in [-0.4, -0.2) is 32.2 Å². The van der Waals surface area contributed by atoms with Gasteiger partial charge in [-0.3, -0.25) is 9.36 Å². The van der Waals surface area contributed by atoms with E-state index in [1.807, 2.05) is 25.1 Å². The van der Waals surface area contributed by atoms with Gasteiger partial charge in [0.05, 0.1) is 5.69 Å². The maximum Gasteiger partial charge on any atom is 0.315 e. The number of rotatable bonds is 7. The Morgan fingerprint density at radius 2 is 2.23 bits per heavy atom. The zero-order valence-corrected chi connectivity index (χ0v) is 12.9. The molecule has 2 aromatic heterocycles. The van der Waals surface area contributed by atoms with Crippen LogP contribution in [0.25, 0.3) is 5.82 Å². The molecule has 0 amide bonds. The van der Waals surface area contributed by atoms with Crippen molar-refractivity contribution in [3.05, 3.63) is 42.6 Å². The largest absolute Gasteiger partial charge is 0.481 e. The van der Waals surface area contributed by atoms with Crippen molar-refractivity contribution in [2.24, 2.45) is 11.7 Å². The van der Waals surface area contributed by atoms with Crippen LogP contribution in [0.3, 0.4) is 0 Å². The molecule has 0 saturated heterocycles. The van der Waals surface area contributed by atoms with Crippen LogP contribution in [0, 0.1) is 5.92 Å². The van der Waals surface area contributed by atoms with E-state index >= 15 is 0 Å². The van der Waals surface area contributed by atoms with E-state index in [1.54, 1.807) is 30.2 Å². The van der Waals surface area contributed by atoms with Gasteiger partial charge in [-0.25, -0.2) is 9.97 Å². The van der Waals surface area contributed by atoms with Crippen LogP contribution < -0.4 is 5.73 Å². The van der Waals surface area contributed by atoms with Crippen LogP contribution in [0.2, 0.25) is 0 Å². The van der Waals surface area contributed by atoms with Crippen molar-refractivity contribution in [1.29, 1.82) is 0 Å². The molecule has 3 N–H and O–H groups in total. The SMILES string of the molecule is C[C@H](CN)CC[C@](C)(C(=O)O)c1cn(-c2ccccn2)cn1. The Labute approximate surface area is 130 Å². The molecule has 6 heteroatoms. The summed E-state index contributed by atoms with van der Waals surface area (Å²) in [6.07, 6.45) is 6.28. The number of carboxylic acids is 1. The molecule has 2 rings (SSSR count). The molecular weight excluding hydrogens is 280 g/mol. The molecule has 6 nitrogen and oxygen atoms in total. The molecule has 22 heavy (non-hydrogen) atoms. The highest BCUT2D eigenvalue weighted by atomic mass is 16.4. The Bertz CT molecular complexity index is 626. The maximum absolute atomic E-state index is 11.8. The van der Waals surface area contributed by atoms with Gasteiger partial charge >= 0.3 is 5.97 Å². The van der Waals surface area contributed by atoms with Gasteiger partial charge in [0.25, 0.3) is 0 Å². The smallest absolute Gasteiger partial charge is 0.315 e. The van der Waals surface area contributed by atoms with Gasteiger partial charge in [-0.15, -0.1) is 0 Å². The molecular formula is C16H22N4O2. The second-order valence-corrected chi connectivity index (χ2v) is 5.87. The van der Waals surface area contributed by atoms with Crippen molar-refractivity contribution in [3.63, 3.8) is 0 Å². The Morgan fingerprint density at radius 1 is 1.45 bits per heavy atom. The highest BCUT2D eigenvalue weighted by Gasteiger charge is 2.37. The van der Waals surface area contributed by atoms with Crippen molar-refractivity contribution in [2.45, 2.75) is 32.1 Å². The molecule has 0 bridgehead atoms. The molecule has 0 spiro atoms. The fraction of sp³-hybridized carbons (Fsp3) is 0.438. The Balaban J connectivity index is 2.26. The van der Waals surface area contributed by atoms with Crippen molar-refractivity contribution in [2.75, 3.05) is 6.54 Å². The van der Waals surface area contributed by atoms with E-state index < -0.39 is 11.4 Å². The first-order chi connectivity index (χ1) is 10.5. The number of hydrogen-bond acceptors (Lipinski definition) is 4. The monoisotopic (exact) mass is 302 g/mol. The molecule has 118 valence electrons. The van der Waals surface area contributed by atoms with Gasteiger partial charge in [-0.1, -0.05) is 13.0 Å². The number of carboxylic acid groups (broad SMARTS) is 1. The van der Waals surface area contributed by atoms with E-state index in [1.165, 1.54) is 0 Å². The zero-order valence-electron chi connectivity index (χ0n) is 12.9. The summed E-state index contributed by atoms with van der Waals surface area (Å²) in [4.78, 5) is 20.3. The lowest BCUT2D eigenvalue weighted by atomic mass is 9.80. The number of carbonyl (C=O) groups is 1. The number of aromatic nitrogens is 3. The van der Waals surface area contributed by atoms with Crippen LogP contribution in [0.5, 0.6) is 0 Å². The number of hydrogen-bond donors (Lipinski definition) is 2. The molecule has 0 radical (unpaired) electrons. The third-order valence-electron chi connectivity index (χ3n) is 4.07. The van der Waals surface area contributed by atoms with Gasteiger partial charge in [0.2, 0.25) is 0 Å². The summed E-state index contributed by atoms with van der Waals surface area (Å²) in [5, 5.41) is 9.66. The molecule has 0 saturated carbocycles. The molecule has 0 aliphatic heterocycles. The first-order valence-electron chi connectivity index (χ1n) is 7.36. The number of pyridine rings is 1. The fourth-order valence-electron chi connectivity index (χ4n) is 2.24. The van der Waals surface area contributed by atoms with Crippen molar-refractivity contribution in [3.8, 4) is 5.82 Å². The minimum atomic E-state index is -1.02. The molecule has 0 unspecified atom stereocenters. The number of aliphatic carboxylic acids is 1. The summed E-state index contributed by atoms with van der Waals surface area (Å²) in [6, 6.07) is 5.55. The summed E-state index contributed by atoms with van der Waals surface area (Å²) >= 11 is 0. The lowest BCUT2D eigenvalue weighted by Gasteiger charge is -2.24. The van der Waals surface area contributed by atoms with Gasteiger partial charge in [0.1, 0.15) is 17.6 Å². The van der Waals surface area contributed by atoms with Crippen molar-refractivity contribution >= 4 is 5.97 Å². The normalized spacial score (nSPS) is 15.2. The third kappa shape index (κ3) is 3.33. The third-order valence-corrected chi connectivity index (χ3v) is 4.07. The number of imidazole rings is 1. The Kier molecular flexibility index (Phi) is 4.92. The summed E-state index contributed by atoms with van der Waals surface area (Å²) < 4.78 is 1.74. The van der Waals surface area contributed by atoms with E-state index in [0.29, 0.717) is 24.5 Å². The standard InChI is InChI=1S/C16H22N4O2/c1-12(9-17)6-7-16(2,15(21)22)13-10-20(11-19-13)14-5-3-4-8-18-14/h3-5,8,10-12H,6-7,9,17H2,1-2H3,(H,21,22)/t12-,16-/m0/s1. The van der Waals surface area contributed by atoms with Crippen LogP contribution in [0.1, 0.15) is 32.4 Å². The zero-order chi connectivity index (χ0) is 16.2. The van der Waals surface area contributed by atoms with Crippen LogP contribution >= 0.6 is 0 Å². The lowest BCUT2D eigenvalue weighted by molar-refractivity contribution is -0.143. The molecule has 0 aliphatic carbocycles. The second kappa shape index (κ2) is 6.70. The predicted octanol–water partition coefficient (Wildman–Crippen LogP) is 1.98. The second-order valence-electron chi connectivity index (χ2n) is 5.87. The van der Waals surface area contributed by atoms with Gasteiger partial charge in [0.15, 0.2) is 0 Å². The molecule has 2 atom stereocenters. The van der Waals surface area contributed by atoms with E-state index in [0.717, 1.165) is 6.42 Å². The Hall–Kier alpha value is -2.21. The highest BCUT2D eigenvalue weighted by Crippen LogP contribution is 2.30. The average Bonchev–Trinajstić information content (AvgIpc) is 3.03. The number of nitrogens with zero attached hydrogens (tertiary/aromatic N) is 3. The molecule has 0 aliphatic rings. The van der Waals surface area contributed by atoms with Crippen molar-refractivity contribution < 1.29 is 9.90 Å². The predicted molar refractivity (Wildman–Crippen MR) is 83.8 cm³/mol.